The molecule has 0 aromatic carbocycles. The van der Waals surface area contributed by atoms with Gasteiger partial charge in [0.1, 0.15) is 0 Å². The fourth-order valence-corrected chi connectivity index (χ4v) is 3.71. The molecule has 0 aromatic rings. The number of carbonyl (C=O) groups is 1. The van der Waals surface area contributed by atoms with Crippen LogP contribution in [-0.2, 0) is 4.79 Å². The molecule has 0 spiro atoms. The molecule has 4 nitrogen and oxygen atoms in total. The third-order valence-electron chi connectivity index (χ3n) is 5.04. The van der Waals surface area contributed by atoms with Crippen LogP contribution in [0.1, 0.15) is 46.5 Å². The van der Waals surface area contributed by atoms with Crippen LogP contribution in [0.4, 0.5) is 0 Å². The quantitative estimate of drug-likeness (QED) is 0.819. The summed E-state index contributed by atoms with van der Waals surface area (Å²) in [5, 5.41) is 3.46. The van der Waals surface area contributed by atoms with Gasteiger partial charge in [0.25, 0.3) is 0 Å². The lowest BCUT2D eigenvalue weighted by atomic mass is 9.92. The first-order valence-corrected chi connectivity index (χ1v) is 7.95. The molecular weight excluding hydrogens is 238 g/mol. The molecule has 2 fully saturated rings. The summed E-state index contributed by atoms with van der Waals surface area (Å²) in [6.07, 6.45) is 4.19. The summed E-state index contributed by atoms with van der Waals surface area (Å²) in [5.41, 5.74) is -0.252. The molecule has 1 N–H and O–H groups in total. The van der Waals surface area contributed by atoms with Crippen molar-refractivity contribution >= 4 is 5.91 Å². The second-order valence-electron chi connectivity index (χ2n) is 5.88. The summed E-state index contributed by atoms with van der Waals surface area (Å²) >= 11 is 0. The Morgan fingerprint density at radius 3 is 2.63 bits per heavy atom. The van der Waals surface area contributed by atoms with Crippen molar-refractivity contribution in [3.8, 4) is 0 Å². The lowest BCUT2D eigenvalue weighted by Gasteiger charge is -2.32. The lowest BCUT2D eigenvalue weighted by Crippen LogP contribution is -2.54. The van der Waals surface area contributed by atoms with Gasteiger partial charge in [0, 0.05) is 19.1 Å². The first-order chi connectivity index (χ1) is 9.16. The molecular formula is C15H29N3O. The van der Waals surface area contributed by atoms with Crippen LogP contribution in [0.3, 0.4) is 0 Å². The molecule has 2 aliphatic rings. The number of nitrogens with zero attached hydrogens (tertiary/aromatic N) is 2. The maximum atomic E-state index is 12.8. The normalized spacial score (nSPS) is 31.4. The highest BCUT2D eigenvalue weighted by atomic mass is 16.2. The first kappa shape index (κ1) is 14.8. The number of hydrogen-bond acceptors (Lipinski definition) is 3. The monoisotopic (exact) mass is 267 g/mol. The third kappa shape index (κ3) is 2.79. The van der Waals surface area contributed by atoms with Crippen molar-refractivity contribution in [1.82, 2.24) is 15.1 Å². The molecule has 0 aromatic heterocycles. The number of carbonyl (C=O) groups excluding carboxylic acids is 1. The molecule has 19 heavy (non-hydrogen) atoms. The molecule has 2 aliphatic heterocycles. The van der Waals surface area contributed by atoms with Gasteiger partial charge in [-0.2, -0.15) is 0 Å². The largest absolute Gasteiger partial charge is 0.339 e. The van der Waals surface area contributed by atoms with Crippen molar-refractivity contribution in [3.63, 3.8) is 0 Å². The summed E-state index contributed by atoms with van der Waals surface area (Å²) in [4.78, 5) is 17.4. The van der Waals surface area contributed by atoms with Crippen LogP contribution >= 0.6 is 0 Å². The maximum Gasteiger partial charge on any atom is 0.242 e. The fraction of sp³-hybridized carbons (Fsp3) is 0.933. The Bertz CT molecular complexity index is 309. The van der Waals surface area contributed by atoms with E-state index in [1.54, 1.807) is 0 Å². The van der Waals surface area contributed by atoms with Crippen LogP contribution < -0.4 is 5.32 Å². The fourth-order valence-electron chi connectivity index (χ4n) is 3.71. The highest BCUT2D eigenvalue weighted by Gasteiger charge is 2.43. The van der Waals surface area contributed by atoms with E-state index in [0.29, 0.717) is 11.9 Å². The van der Waals surface area contributed by atoms with Crippen LogP contribution in [0.25, 0.3) is 0 Å². The second kappa shape index (κ2) is 6.23. The van der Waals surface area contributed by atoms with Crippen molar-refractivity contribution in [1.29, 1.82) is 0 Å². The van der Waals surface area contributed by atoms with E-state index in [9.17, 15) is 4.79 Å². The van der Waals surface area contributed by atoms with E-state index in [4.69, 9.17) is 0 Å². The number of rotatable bonds is 5. The average Bonchev–Trinajstić information content (AvgIpc) is 3.09. The van der Waals surface area contributed by atoms with E-state index >= 15 is 0 Å². The smallest absolute Gasteiger partial charge is 0.242 e. The zero-order valence-electron chi connectivity index (χ0n) is 12.7. The standard InChI is InChI=1S/C15H29N3O/c1-4-15(9-7-10-16-15)14(19)18-11-8-13(12-18)17(5-2)6-3/h13,16H,4-12H2,1-3H3. The van der Waals surface area contributed by atoms with Crippen LogP contribution in [0.2, 0.25) is 0 Å². The Morgan fingerprint density at radius 2 is 2.11 bits per heavy atom. The van der Waals surface area contributed by atoms with Gasteiger partial charge in [0.2, 0.25) is 5.91 Å². The van der Waals surface area contributed by atoms with E-state index in [2.05, 4.69) is 35.9 Å². The average molecular weight is 267 g/mol. The molecule has 4 heteroatoms. The predicted molar refractivity (Wildman–Crippen MR) is 78.2 cm³/mol. The molecule has 2 heterocycles. The summed E-state index contributed by atoms with van der Waals surface area (Å²) in [6, 6.07) is 0.564. The zero-order chi connectivity index (χ0) is 13.9. The van der Waals surface area contributed by atoms with E-state index in [0.717, 1.165) is 58.4 Å². The number of amides is 1. The topological polar surface area (TPSA) is 35.6 Å². The minimum absolute atomic E-state index is 0.252. The maximum absolute atomic E-state index is 12.8. The van der Waals surface area contributed by atoms with Gasteiger partial charge >= 0.3 is 0 Å². The van der Waals surface area contributed by atoms with Gasteiger partial charge in [0.15, 0.2) is 0 Å². The van der Waals surface area contributed by atoms with E-state index in [1.165, 1.54) is 0 Å². The van der Waals surface area contributed by atoms with Crippen molar-refractivity contribution in [2.45, 2.75) is 58.0 Å². The molecule has 110 valence electrons. The zero-order valence-corrected chi connectivity index (χ0v) is 12.7. The van der Waals surface area contributed by atoms with Gasteiger partial charge in [-0.25, -0.2) is 0 Å². The molecule has 0 bridgehead atoms. The van der Waals surface area contributed by atoms with Crippen LogP contribution in [0, 0.1) is 0 Å². The van der Waals surface area contributed by atoms with Gasteiger partial charge in [-0.1, -0.05) is 20.8 Å². The number of likely N-dealkylation sites (N-methyl/N-ethyl adjacent to an activating group) is 1. The van der Waals surface area contributed by atoms with Gasteiger partial charge in [-0.3, -0.25) is 9.69 Å². The van der Waals surface area contributed by atoms with Crippen LogP contribution in [-0.4, -0.2) is 60.0 Å². The molecule has 2 atom stereocenters. The number of nitrogens with one attached hydrogen (secondary N) is 1. The highest BCUT2D eigenvalue weighted by molar-refractivity contribution is 5.87. The highest BCUT2D eigenvalue weighted by Crippen LogP contribution is 2.28. The van der Waals surface area contributed by atoms with Crippen molar-refractivity contribution in [2.24, 2.45) is 0 Å². The molecule has 0 aliphatic carbocycles. The first-order valence-electron chi connectivity index (χ1n) is 7.95. The predicted octanol–water partition coefficient (Wildman–Crippen LogP) is 1.46. The van der Waals surface area contributed by atoms with Gasteiger partial charge in [-0.05, 0) is 45.3 Å². The Balaban J connectivity index is 1.98. The minimum Gasteiger partial charge on any atom is -0.339 e. The minimum atomic E-state index is -0.252. The van der Waals surface area contributed by atoms with Crippen molar-refractivity contribution in [2.75, 3.05) is 32.7 Å². The molecule has 2 saturated heterocycles. The van der Waals surface area contributed by atoms with E-state index in [1.807, 2.05) is 0 Å². The molecule has 0 saturated carbocycles. The Hall–Kier alpha value is -0.610. The lowest BCUT2D eigenvalue weighted by molar-refractivity contribution is -0.137. The molecule has 2 rings (SSSR count). The number of hydrogen-bond donors (Lipinski definition) is 1. The van der Waals surface area contributed by atoms with Crippen molar-refractivity contribution < 1.29 is 4.79 Å². The Kier molecular flexibility index (Phi) is 4.85. The summed E-state index contributed by atoms with van der Waals surface area (Å²) in [6.45, 7) is 11.6. The third-order valence-corrected chi connectivity index (χ3v) is 5.04. The Morgan fingerprint density at radius 1 is 1.37 bits per heavy atom. The molecule has 0 radical (unpaired) electrons. The summed E-state index contributed by atoms with van der Waals surface area (Å²) in [7, 11) is 0. The number of likely N-dealkylation sites (tertiary alicyclic amines) is 1. The van der Waals surface area contributed by atoms with E-state index < -0.39 is 0 Å². The van der Waals surface area contributed by atoms with Gasteiger partial charge in [0.05, 0.1) is 5.54 Å². The molecule has 1 amide bonds. The summed E-state index contributed by atoms with van der Waals surface area (Å²) in [5.74, 6) is 0.349. The van der Waals surface area contributed by atoms with Gasteiger partial charge < -0.3 is 10.2 Å². The SMILES string of the molecule is CCN(CC)C1CCN(C(=O)C2(CC)CCCN2)C1. The van der Waals surface area contributed by atoms with Crippen LogP contribution in [0.15, 0.2) is 0 Å². The Labute approximate surface area is 117 Å². The van der Waals surface area contributed by atoms with Crippen molar-refractivity contribution in [3.05, 3.63) is 0 Å². The van der Waals surface area contributed by atoms with Gasteiger partial charge in [-0.15, -0.1) is 0 Å². The summed E-state index contributed by atoms with van der Waals surface area (Å²) < 4.78 is 0. The molecule has 2 unspecified atom stereocenters. The van der Waals surface area contributed by atoms with E-state index in [-0.39, 0.29) is 5.54 Å². The second-order valence-corrected chi connectivity index (χ2v) is 5.88. The van der Waals surface area contributed by atoms with Crippen LogP contribution in [0.5, 0.6) is 0 Å².